The minimum absolute atomic E-state index is 0.260. The Morgan fingerprint density at radius 2 is 2.19 bits per heavy atom. The van der Waals surface area contributed by atoms with E-state index in [2.05, 4.69) is 5.10 Å². The Bertz CT molecular complexity index is 788. The lowest BCUT2D eigenvalue weighted by Crippen LogP contribution is -2.25. The number of furan rings is 1. The number of rotatable bonds is 3. The van der Waals surface area contributed by atoms with Gasteiger partial charge in [0, 0.05) is 16.9 Å². The zero-order valence-corrected chi connectivity index (χ0v) is 13.7. The van der Waals surface area contributed by atoms with E-state index in [1.165, 1.54) is 10.7 Å². The van der Waals surface area contributed by atoms with Gasteiger partial charge in [-0.15, -0.1) is 11.3 Å². The fourth-order valence-corrected chi connectivity index (χ4v) is 4.34. The van der Waals surface area contributed by atoms with E-state index in [-0.39, 0.29) is 6.04 Å². The summed E-state index contributed by atoms with van der Waals surface area (Å²) in [5.41, 5.74) is 1.65. The van der Waals surface area contributed by atoms with Crippen molar-refractivity contribution in [2.45, 2.75) is 26.3 Å². The molecule has 2 aromatic rings. The molecule has 0 radical (unpaired) electrons. The van der Waals surface area contributed by atoms with E-state index in [4.69, 9.17) is 4.42 Å². The highest BCUT2D eigenvalue weighted by atomic mass is 32.2. The number of hydrazone groups is 1. The number of aryl methyl sites for hydroxylation is 2. The summed E-state index contributed by atoms with van der Waals surface area (Å²) in [6.45, 7) is 3.74. The third-order valence-corrected chi connectivity index (χ3v) is 5.43. The Kier molecular flexibility index (Phi) is 3.41. The first-order chi connectivity index (χ1) is 9.86. The molecule has 5 nitrogen and oxygen atoms in total. The van der Waals surface area contributed by atoms with Gasteiger partial charge in [0.15, 0.2) is 0 Å². The average Bonchev–Trinajstić information content (AvgIpc) is 3.06. The van der Waals surface area contributed by atoms with E-state index in [1.807, 2.05) is 37.4 Å². The molecule has 1 aliphatic rings. The van der Waals surface area contributed by atoms with Crippen LogP contribution in [0.5, 0.6) is 0 Å². The van der Waals surface area contributed by atoms with Crippen molar-refractivity contribution in [3.05, 3.63) is 45.5 Å². The summed E-state index contributed by atoms with van der Waals surface area (Å²) in [6, 6.07) is 5.51. The predicted octanol–water partition coefficient (Wildman–Crippen LogP) is 3.07. The molecule has 1 aliphatic heterocycles. The third kappa shape index (κ3) is 2.63. The molecule has 112 valence electrons. The lowest BCUT2D eigenvalue weighted by molar-refractivity contribution is 0.379. The van der Waals surface area contributed by atoms with E-state index in [0.717, 1.165) is 27.7 Å². The summed E-state index contributed by atoms with van der Waals surface area (Å²) in [5, 5.41) is 6.30. The molecule has 0 unspecified atom stereocenters. The van der Waals surface area contributed by atoms with Crippen LogP contribution in [0.25, 0.3) is 0 Å². The van der Waals surface area contributed by atoms with Crippen molar-refractivity contribution in [1.29, 1.82) is 0 Å². The summed E-state index contributed by atoms with van der Waals surface area (Å²) in [7, 11) is -3.40. The second kappa shape index (κ2) is 4.99. The van der Waals surface area contributed by atoms with Gasteiger partial charge in [-0.25, -0.2) is 8.42 Å². The number of nitrogens with zero attached hydrogens (tertiary/aromatic N) is 2. The summed E-state index contributed by atoms with van der Waals surface area (Å²) >= 11 is 1.54. The molecule has 21 heavy (non-hydrogen) atoms. The topological polar surface area (TPSA) is 62.9 Å². The van der Waals surface area contributed by atoms with E-state index in [9.17, 15) is 8.42 Å². The van der Waals surface area contributed by atoms with Crippen molar-refractivity contribution >= 4 is 27.1 Å². The summed E-state index contributed by atoms with van der Waals surface area (Å²) in [5.74, 6) is 1.57. The minimum Gasteiger partial charge on any atom is -0.466 e. The normalized spacial score (nSPS) is 19.1. The van der Waals surface area contributed by atoms with Crippen LogP contribution in [0.2, 0.25) is 0 Å². The van der Waals surface area contributed by atoms with Gasteiger partial charge < -0.3 is 4.42 Å². The van der Waals surface area contributed by atoms with Gasteiger partial charge in [0.25, 0.3) is 0 Å². The van der Waals surface area contributed by atoms with Crippen LogP contribution >= 0.6 is 11.3 Å². The molecule has 2 aromatic heterocycles. The van der Waals surface area contributed by atoms with Crippen LogP contribution in [0, 0.1) is 13.8 Å². The quantitative estimate of drug-likeness (QED) is 0.871. The first kappa shape index (κ1) is 14.3. The predicted molar refractivity (Wildman–Crippen MR) is 83.1 cm³/mol. The van der Waals surface area contributed by atoms with E-state index >= 15 is 0 Å². The number of hydrogen-bond acceptors (Lipinski definition) is 5. The zero-order chi connectivity index (χ0) is 15.2. The molecule has 7 heteroatoms. The van der Waals surface area contributed by atoms with Crippen LogP contribution in [0.4, 0.5) is 0 Å². The Labute approximate surface area is 127 Å². The van der Waals surface area contributed by atoms with Crippen LogP contribution in [0.15, 0.2) is 33.1 Å². The van der Waals surface area contributed by atoms with Gasteiger partial charge in [-0.2, -0.15) is 9.52 Å². The molecule has 0 saturated heterocycles. The van der Waals surface area contributed by atoms with Gasteiger partial charge in [0.2, 0.25) is 10.0 Å². The molecule has 0 aromatic carbocycles. The lowest BCUT2D eigenvalue weighted by Gasteiger charge is -2.19. The maximum absolute atomic E-state index is 12.0. The van der Waals surface area contributed by atoms with Crippen LogP contribution < -0.4 is 0 Å². The third-order valence-electron chi connectivity index (χ3n) is 3.44. The minimum atomic E-state index is -3.40. The molecule has 3 rings (SSSR count). The van der Waals surface area contributed by atoms with Crippen molar-refractivity contribution in [3.8, 4) is 0 Å². The molecular formula is C14H16N2O3S2. The highest BCUT2D eigenvalue weighted by Crippen LogP contribution is 2.37. The summed E-state index contributed by atoms with van der Waals surface area (Å²) in [4.78, 5) is 0.997. The Morgan fingerprint density at radius 1 is 1.43 bits per heavy atom. The maximum Gasteiger partial charge on any atom is 0.247 e. The molecule has 3 heterocycles. The molecule has 0 amide bonds. The second-order valence-corrected chi connectivity index (χ2v) is 7.96. The van der Waals surface area contributed by atoms with Gasteiger partial charge >= 0.3 is 0 Å². The molecule has 0 spiro atoms. The first-order valence-corrected chi connectivity index (χ1v) is 9.27. The maximum atomic E-state index is 12.0. The molecule has 0 bridgehead atoms. The fraction of sp³-hybridized carbons (Fsp3) is 0.357. The van der Waals surface area contributed by atoms with Gasteiger partial charge in [-0.05, 0) is 31.4 Å². The number of sulfonamides is 1. The second-order valence-electron chi connectivity index (χ2n) is 5.14. The van der Waals surface area contributed by atoms with Crippen molar-refractivity contribution in [1.82, 2.24) is 4.41 Å². The van der Waals surface area contributed by atoms with Crippen LogP contribution in [-0.2, 0) is 10.0 Å². The van der Waals surface area contributed by atoms with Crippen molar-refractivity contribution in [3.63, 3.8) is 0 Å². The lowest BCUT2D eigenvalue weighted by atomic mass is 10.0. The molecule has 0 aliphatic carbocycles. The fourth-order valence-electron chi connectivity index (χ4n) is 2.57. The number of thiophene rings is 1. The van der Waals surface area contributed by atoms with Crippen molar-refractivity contribution < 1.29 is 12.8 Å². The molecule has 0 fully saturated rings. The Hall–Kier alpha value is -1.60. The number of hydrogen-bond donors (Lipinski definition) is 0. The van der Waals surface area contributed by atoms with Gasteiger partial charge in [0.05, 0.1) is 12.0 Å². The van der Waals surface area contributed by atoms with E-state index < -0.39 is 10.0 Å². The van der Waals surface area contributed by atoms with Crippen molar-refractivity contribution in [2.24, 2.45) is 5.10 Å². The van der Waals surface area contributed by atoms with Crippen LogP contribution in [0.3, 0.4) is 0 Å². The standard InChI is InChI=1S/C14H16N2O3S2/c1-9-7-11(10(2)19-9)12-8-13(14-5-4-6-20-14)16(15-12)21(3,17)18/h4-7,13H,8H2,1-3H3/t13-/m0/s1. The SMILES string of the molecule is Cc1cc(C2=NN(S(C)(=O)=O)[C@H](c3cccs3)C2)c(C)o1. The van der Waals surface area contributed by atoms with Crippen LogP contribution in [-0.4, -0.2) is 24.8 Å². The van der Waals surface area contributed by atoms with Gasteiger partial charge in [-0.3, -0.25) is 0 Å². The Balaban J connectivity index is 2.03. The van der Waals surface area contributed by atoms with E-state index in [1.54, 1.807) is 11.3 Å². The Morgan fingerprint density at radius 3 is 2.71 bits per heavy atom. The highest BCUT2D eigenvalue weighted by molar-refractivity contribution is 7.88. The molecular weight excluding hydrogens is 308 g/mol. The average molecular weight is 324 g/mol. The molecule has 1 atom stereocenters. The van der Waals surface area contributed by atoms with Crippen LogP contribution in [0.1, 0.15) is 34.4 Å². The summed E-state index contributed by atoms with van der Waals surface area (Å²) in [6.07, 6.45) is 1.75. The molecule has 0 N–H and O–H groups in total. The van der Waals surface area contributed by atoms with Gasteiger partial charge in [-0.1, -0.05) is 6.07 Å². The highest BCUT2D eigenvalue weighted by Gasteiger charge is 2.35. The largest absolute Gasteiger partial charge is 0.466 e. The molecule has 0 saturated carbocycles. The first-order valence-electron chi connectivity index (χ1n) is 6.54. The van der Waals surface area contributed by atoms with Gasteiger partial charge in [0.1, 0.15) is 17.6 Å². The zero-order valence-electron chi connectivity index (χ0n) is 12.0. The monoisotopic (exact) mass is 324 g/mol. The summed E-state index contributed by atoms with van der Waals surface area (Å²) < 4.78 is 30.8. The smallest absolute Gasteiger partial charge is 0.247 e. The van der Waals surface area contributed by atoms with Crippen molar-refractivity contribution in [2.75, 3.05) is 6.26 Å². The van der Waals surface area contributed by atoms with E-state index in [0.29, 0.717) is 6.42 Å².